The summed E-state index contributed by atoms with van der Waals surface area (Å²) in [6, 6.07) is 0. The lowest BCUT2D eigenvalue weighted by Gasteiger charge is -2.27. The highest BCUT2D eigenvalue weighted by molar-refractivity contribution is 4.97. The fourth-order valence-corrected chi connectivity index (χ4v) is 2.25. The Hall–Kier alpha value is -0.700. The third-order valence-electron chi connectivity index (χ3n) is 3.07. The van der Waals surface area contributed by atoms with Crippen molar-refractivity contribution in [3.05, 3.63) is 12.0 Å². The summed E-state index contributed by atoms with van der Waals surface area (Å²) >= 11 is 0. The van der Waals surface area contributed by atoms with Gasteiger partial charge in [0.25, 0.3) is 0 Å². The van der Waals surface area contributed by atoms with E-state index >= 15 is 0 Å². The Morgan fingerprint density at radius 1 is 1.25 bits per heavy atom. The van der Waals surface area contributed by atoms with E-state index in [1.807, 2.05) is 0 Å². The topological polar surface area (TPSA) is 15.7 Å². The van der Waals surface area contributed by atoms with Gasteiger partial charge in [-0.3, -0.25) is 4.90 Å². The predicted molar refractivity (Wildman–Crippen MR) is 88.7 cm³/mol. The molecule has 0 saturated carbocycles. The Kier molecular flexibility index (Phi) is 10.6. The van der Waals surface area contributed by atoms with Crippen LogP contribution in [0.4, 0.5) is 0 Å². The first-order chi connectivity index (χ1) is 9.35. The van der Waals surface area contributed by atoms with E-state index in [1.165, 1.54) is 12.8 Å². The van der Waals surface area contributed by atoms with Crippen LogP contribution in [0.1, 0.15) is 47.5 Å². The minimum Gasteiger partial charge on any atom is -0.494 e. The molecule has 0 unspecified atom stereocenters. The predicted octanol–water partition coefficient (Wildman–Crippen LogP) is 3.82. The van der Waals surface area contributed by atoms with E-state index < -0.39 is 0 Å². The van der Waals surface area contributed by atoms with Crippen LogP contribution in [0, 0.1) is 11.8 Å². The lowest BCUT2D eigenvalue weighted by atomic mass is 10.1. The number of rotatable bonds is 5. The van der Waals surface area contributed by atoms with Gasteiger partial charge in [-0.1, -0.05) is 47.5 Å². The van der Waals surface area contributed by atoms with Crippen LogP contribution in [-0.2, 0) is 4.74 Å². The molecule has 3 nitrogen and oxygen atoms in total. The van der Waals surface area contributed by atoms with Gasteiger partial charge in [0.15, 0.2) is 0 Å². The zero-order valence-electron chi connectivity index (χ0n) is 14.8. The quantitative estimate of drug-likeness (QED) is 0.763. The van der Waals surface area contributed by atoms with Gasteiger partial charge < -0.3 is 9.64 Å². The van der Waals surface area contributed by atoms with Gasteiger partial charge in [-0.2, -0.15) is 0 Å². The van der Waals surface area contributed by atoms with Gasteiger partial charge in [-0.15, -0.1) is 0 Å². The summed E-state index contributed by atoms with van der Waals surface area (Å²) in [6.45, 7) is 15.0. The second-order valence-corrected chi connectivity index (χ2v) is 6.70. The molecule has 0 spiro atoms. The number of hydrogen-bond acceptors (Lipinski definition) is 3. The van der Waals surface area contributed by atoms with E-state index in [4.69, 9.17) is 4.74 Å². The third kappa shape index (κ3) is 11.2. The minimum absolute atomic E-state index is 0.693. The van der Waals surface area contributed by atoms with Crippen LogP contribution in [0.25, 0.3) is 0 Å². The fraction of sp³-hybridized carbons (Fsp3) is 0.882. The minimum atomic E-state index is 0.693. The first-order valence-electron chi connectivity index (χ1n) is 8.07. The van der Waals surface area contributed by atoms with Crippen molar-refractivity contribution in [1.82, 2.24) is 9.80 Å². The molecule has 0 bridgehead atoms. The standard InChI is InChI=1S/C11H22N2O.C6H14/c1-10(2)7-13(4)9-11-8-12(3)5-6-14-11;1-4-5-6(2)3/h9-10H,5-8H2,1-4H3;6H,4-5H2,1-3H3/b11-9-;. The maximum absolute atomic E-state index is 5.58. The lowest BCUT2D eigenvalue weighted by Crippen LogP contribution is -2.32. The summed E-state index contributed by atoms with van der Waals surface area (Å²) in [5.41, 5.74) is 0. The molecule has 120 valence electrons. The van der Waals surface area contributed by atoms with E-state index in [1.54, 1.807) is 0 Å². The number of morpholine rings is 1. The van der Waals surface area contributed by atoms with Crippen LogP contribution >= 0.6 is 0 Å². The molecule has 0 N–H and O–H groups in total. The highest BCUT2D eigenvalue weighted by atomic mass is 16.5. The van der Waals surface area contributed by atoms with E-state index in [9.17, 15) is 0 Å². The molecule has 20 heavy (non-hydrogen) atoms. The third-order valence-corrected chi connectivity index (χ3v) is 3.07. The first-order valence-corrected chi connectivity index (χ1v) is 8.07. The summed E-state index contributed by atoms with van der Waals surface area (Å²) in [5.74, 6) is 2.68. The SMILES string of the molecule is CC(C)CN(C)/C=C1/CN(C)CCO1.CCCC(C)C. The van der Waals surface area contributed by atoms with Crippen molar-refractivity contribution in [2.75, 3.05) is 40.3 Å². The van der Waals surface area contributed by atoms with Crippen molar-refractivity contribution < 1.29 is 4.74 Å². The summed E-state index contributed by atoms with van der Waals surface area (Å²) < 4.78 is 5.58. The molecule has 1 saturated heterocycles. The smallest absolute Gasteiger partial charge is 0.126 e. The number of ether oxygens (including phenoxy) is 1. The average molecular weight is 284 g/mol. The zero-order chi connectivity index (χ0) is 15.5. The summed E-state index contributed by atoms with van der Waals surface area (Å²) in [4.78, 5) is 4.48. The Balaban J connectivity index is 0.000000511. The van der Waals surface area contributed by atoms with Crippen LogP contribution in [-0.4, -0.2) is 50.1 Å². The Morgan fingerprint density at radius 2 is 1.90 bits per heavy atom. The molecule has 1 rings (SSSR count). The molecule has 0 aromatic rings. The van der Waals surface area contributed by atoms with Crippen LogP contribution in [0.5, 0.6) is 0 Å². The summed E-state index contributed by atoms with van der Waals surface area (Å²) in [6.07, 6.45) is 4.83. The Labute approximate surface area is 127 Å². The van der Waals surface area contributed by atoms with Crippen molar-refractivity contribution in [3.63, 3.8) is 0 Å². The zero-order valence-corrected chi connectivity index (χ0v) is 14.8. The molecular formula is C17H36N2O. The number of hydrogen-bond donors (Lipinski definition) is 0. The lowest BCUT2D eigenvalue weighted by molar-refractivity contribution is 0.105. The van der Waals surface area contributed by atoms with Gasteiger partial charge in [0.1, 0.15) is 12.4 Å². The molecule has 1 aliphatic rings. The number of nitrogens with zero attached hydrogens (tertiary/aromatic N) is 2. The van der Waals surface area contributed by atoms with Crippen molar-refractivity contribution in [1.29, 1.82) is 0 Å². The highest BCUT2D eigenvalue weighted by Crippen LogP contribution is 2.08. The van der Waals surface area contributed by atoms with Gasteiger partial charge in [0.2, 0.25) is 0 Å². The first kappa shape index (κ1) is 19.3. The molecule has 3 heteroatoms. The molecule has 1 aliphatic heterocycles. The molecule has 0 atom stereocenters. The second kappa shape index (κ2) is 11.0. The highest BCUT2D eigenvalue weighted by Gasteiger charge is 2.11. The average Bonchev–Trinajstić information content (AvgIpc) is 2.27. The van der Waals surface area contributed by atoms with E-state index in [2.05, 4.69) is 64.7 Å². The van der Waals surface area contributed by atoms with Crippen LogP contribution in [0.2, 0.25) is 0 Å². The molecular weight excluding hydrogens is 248 g/mol. The van der Waals surface area contributed by atoms with Crippen molar-refractivity contribution in [2.45, 2.75) is 47.5 Å². The molecule has 0 radical (unpaired) electrons. The van der Waals surface area contributed by atoms with Crippen molar-refractivity contribution in [2.24, 2.45) is 11.8 Å². The molecule has 0 aromatic carbocycles. The maximum Gasteiger partial charge on any atom is 0.126 e. The monoisotopic (exact) mass is 284 g/mol. The van der Waals surface area contributed by atoms with E-state index in [-0.39, 0.29) is 0 Å². The van der Waals surface area contributed by atoms with Gasteiger partial charge in [0.05, 0.1) is 6.54 Å². The number of likely N-dealkylation sites (N-methyl/N-ethyl adjacent to an activating group) is 1. The fourth-order valence-electron chi connectivity index (χ4n) is 2.25. The molecule has 0 amide bonds. The van der Waals surface area contributed by atoms with Gasteiger partial charge in [0, 0.05) is 26.3 Å². The Morgan fingerprint density at radius 3 is 2.30 bits per heavy atom. The van der Waals surface area contributed by atoms with Crippen molar-refractivity contribution in [3.8, 4) is 0 Å². The normalized spacial score (nSPS) is 17.9. The van der Waals surface area contributed by atoms with Gasteiger partial charge in [-0.05, 0) is 18.9 Å². The molecule has 0 aromatic heterocycles. The van der Waals surface area contributed by atoms with Crippen molar-refractivity contribution >= 4 is 0 Å². The molecule has 1 fully saturated rings. The largest absolute Gasteiger partial charge is 0.494 e. The maximum atomic E-state index is 5.58. The van der Waals surface area contributed by atoms with Crippen LogP contribution in [0.3, 0.4) is 0 Å². The Bertz CT molecular complexity index is 262. The molecule has 1 heterocycles. The molecule has 0 aliphatic carbocycles. The summed E-state index contributed by atoms with van der Waals surface area (Å²) in [7, 11) is 4.23. The van der Waals surface area contributed by atoms with Crippen LogP contribution < -0.4 is 0 Å². The summed E-state index contributed by atoms with van der Waals surface area (Å²) in [5, 5.41) is 0. The second-order valence-electron chi connectivity index (χ2n) is 6.70. The van der Waals surface area contributed by atoms with Gasteiger partial charge >= 0.3 is 0 Å². The van der Waals surface area contributed by atoms with Gasteiger partial charge in [-0.25, -0.2) is 0 Å². The van der Waals surface area contributed by atoms with E-state index in [0.717, 1.165) is 37.9 Å². The van der Waals surface area contributed by atoms with E-state index in [0.29, 0.717) is 5.92 Å². The van der Waals surface area contributed by atoms with Crippen LogP contribution in [0.15, 0.2) is 12.0 Å².